The third kappa shape index (κ3) is 2.74. The Balaban J connectivity index is 2.01. The predicted octanol–water partition coefficient (Wildman–Crippen LogP) is 2.76. The van der Waals surface area contributed by atoms with Gasteiger partial charge in [-0.3, -0.25) is 9.36 Å². The zero-order chi connectivity index (χ0) is 16.6. The lowest BCUT2D eigenvalue weighted by Crippen LogP contribution is -2.04. The van der Waals surface area contributed by atoms with Crippen LogP contribution in [0.4, 0.5) is 10.1 Å². The van der Waals surface area contributed by atoms with E-state index in [1.54, 1.807) is 12.1 Å². The second-order valence-electron chi connectivity index (χ2n) is 4.88. The molecule has 120 valence electrons. The van der Waals surface area contributed by atoms with Gasteiger partial charge in [-0.25, -0.2) is 4.39 Å². The van der Waals surface area contributed by atoms with Crippen LogP contribution in [-0.2, 0) is 18.4 Å². The highest BCUT2D eigenvalue weighted by atomic mass is 31.2. The Morgan fingerprint density at radius 3 is 2.65 bits per heavy atom. The third-order valence-corrected chi connectivity index (χ3v) is 5.40. The summed E-state index contributed by atoms with van der Waals surface area (Å²) in [5.41, 5.74) is 1.87. The molecule has 1 amide bonds. The fourth-order valence-electron chi connectivity index (χ4n) is 2.39. The van der Waals surface area contributed by atoms with Crippen molar-refractivity contribution in [3.63, 3.8) is 0 Å². The monoisotopic (exact) mass is 336 g/mol. The van der Waals surface area contributed by atoms with Crippen molar-refractivity contribution in [2.75, 3.05) is 19.5 Å². The minimum atomic E-state index is -3.37. The van der Waals surface area contributed by atoms with Crippen molar-refractivity contribution in [3.8, 4) is 0 Å². The van der Waals surface area contributed by atoms with Gasteiger partial charge in [0.25, 0.3) is 5.91 Å². The van der Waals surface area contributed by atoms with Gasteiger partial charge in [0.15, 0.2) is 0 Å². The summed E-state index contributed by atoms with van der Waals surface area (Å²) in [5.74, 6) is -0.759. The molecule has 1 aromatic heterocycles. The lowest BCUT2D eigenvalue weighted by Gasteiger charge is -2.10. The zero-order valence-electron chi connectivity index (χ0n) is 12.4. The highest BCUT2D eigenvalue weighted by molar-refractivity contribution is 7.62. The number of aromatic amines is 1. The number of aromatic nitrogens is 1. The van der Waals surface area contributed by atoms with Gasteiger partial charge in [0.1, 0.15) is 5.82 Å². The average Bonchev–Trinajstić information content (AvgIpc) is 3.13. The zero-order valence-corrected chi connectivity index (χ0v) is 13.3. The third-order valence-electron chi connectivity index (χ3n) is 3.55. The fraction of sp³-hybridized carbons (Fsp3) is 0.133. The molecular weight excluding hydrogens is 322 g/mol. The number of fused-ring (bicyclic) bond motifs is 1. The maximum Gasteiger partial charge on any atom is 0.362 e. The number of halogens is 1. The van der Waals surface area contributed by atoms with Crippen molar-refractivity contribution < 1.29 is 22.8 Å². The molecule has 0 bridgehead atoms. The van der Waals surface area contributed by atoms with Crippen LogP contribution in [0.2, 0.25) is 0 Å². The van der Waals surface area contributed by atoms with Crippen LogP contribution in [0.5, 0.6) is 0 Å². The molecule has 0 unspecified atom stereocenters. The van der Waals surface area contributed by atoms with Gasteiger partial charge in [0.2, 0.25) is 0 Å². The summed E-state index contributed by atoms with van der Waals surface area (Å²) in [4.78, 5) is 14.9. The van der Waals surface area contributed by atoms with E-state index in [9.17, 15) is 13.8 Å². The first-order valence-electron chi connectivity index (χ1n) is 6.70. The molecule has 0 aliphatic carbocycles. The predicted molar refractivity (Wildman–Crippen MR) is 85.0 cm³/mol. The molecule has 0 atom stereocenters. The van der Waals surface area contributed by atoms with Gasteiger partial charge in [-0.15, -0.1) is 0 Å². The van der Waals surface area contributed by atoms with Gasteiger partial charge in [0, 0.05) is 37.4 Å². The van der Waals surface area contributed by atoms with Crippen molar-refractivity contribution in [3.05, 3.63) is 47.5 Å². The average molecular weight is 336 g/mol. The topological polar surface area (TPSA) is 80.4 Å². The molecule has 8 heteroatoms. The molecule has 0 spiro atoms. The number of nitrogens with one attached hydrogen (secondary N) is 2. The molecule has 2 aromatic rings. The van der Waals surface area contributed by atoms with Crippen LogP contribution in [-0.4, -0.2) is 25.1 Å². The van der Waals surface area contributed by atoms with Gasteiger partial charge >= 0.3 is 7.60 Å². The lowest BCUT2D eigenvalue weighted by molar-refractivity contribution is -0.110. The van der Waals surface area contributed by atoms with E-state index >= 15 is 0 Å². The normalized spacial score (nSPS) is 15.8. The number of hydrogen-bond donors (Lipinski definition) is 2. The Bertz CT molecular complexity index is 851. The van der Waals surface area contributed by atoms with Crippen molar-refractivity contribution in [2.45, 2.75) is 0 Å². The molecule has 1 aromatic carbocycles. The van der Waals surface area contributed by atoms with Crippen LogP contribution in [0, 0.1) is 5.82 Å². The van der Waals surface area contributed by atoms with Crippen molar-refractivity contribution >= 4 is 36.1 Å². The molecule has 0 fully saturated rings. The Morgan fingerprint density at radius 1 is 1.22 bits per heavy atom. The Morgan fingerprint density at radius 2 is 1.96 bits per heavy atom. The number of hydrogen-bond acceptors (Lipinski definition) is 4. The molecular formula is C15H14FN2O4P. The summed E-state index contributed by atoms with van der Waals surface area (Å²) >= 11 is 0. The first-order chi connectivity index (χ1) is 11.0. The van der Waals surface area contributed by atoms with Gasteiger partial charge in [0.05, 0.1) is 10.9 Å². The molecule has 0 radical (unpaired) electrons. The number of anilines is 1. The van der Waals surface area contributed by atoms with Crippen molar-refractivity contribution in [2.24, 2.45) is 0 Å². The van der Waals surface area contributed by atoms with E-state index in [-0.39, 0.29) is 5.91 Å². The first kappa shape index (κ1) is 15.7. The van der Waals surface area contributed by atoms with E-state index < -0.39 is 13.4 Å². The molecule has 3 rings (SSSR count). The van der Waals surface area contributed by atoms with Crippen LogP contribution < -0.4 is 10.6 Å². The minimum absolute atomic E-state index is 0.317. The number of amides is 1. The van der Waals surface area contributed by atoms with E-state index in [2.05, 4.69) is 10.3 Å². The van der Waals surface area contributed by atoms with Crippen LogP contribution >= 0.6 is 7.60 Å². The SMILES string of the molecule is COP(=O)(OC)c1c[nH]c(/C=C2\C(=O)Nc3ccc(F)cc32)c1. The summed E-state index contributed by atoms with van der Waals surface area (Å²) in [7, 11) is -0.787. The number of carbonyl (C=O) groups excluding carboxylic acids is 1. The summed E-state index contributed by atoms with van der Waals surface area (Å²) in [6, 6.07) is 5.64. The smallest absolute Gasteiger partial charge is 0.361 e. The molecule has 23 heavy (non-hydrogen) atoms. The van der Waals surface area contributed by atoms with E-state index in [1.165, 1.54) is 38.6 Å². The first-order valence-corrected chi connectivity index (χ1v) is 8.24. The van der Waals surface area contributed by atoms with Gasteiger partial charge < -0.3 is 19.3 Å². The number of carbonyl (C=O) groups is 1. The van der Waals surface area contributed by atoms with Gasteiger partial charge in [-0.05, 0) is 30.3 Å². The quantitative estimate of drug-likeness (QED) is 0.665. The Kier molecular flexibility index (Phi) is 3.93. The lowest BCUT2D eigenvalue weighted by atomic mass is 10.1. The van der Waals surface area contributed by atoms with Gasteiger partial charge in [-0.1, -0.05) is 0 Å². The highest BCUT2D eigenvalue weighted by Crippen LogP contribution is 2.45. The van der Waals surface area contributed by atoms with Gasteiger partial charge in [-0.2, -0.15) is 0 Å². The second-order valence-corrected chi connectivity index (χ2v) is 7.12. The molecule has 1 aliphatic rings. The maximum absolute atomic E-state index is 13.4. The standard InChI is InChI=1S/C15H14FN2O4P/c1-21-23(20,22-2)11-6-10(17-8-11)7-13-12-5-9(16)3-4-14(12)18-15(13)19/h3-8,17H,1-2H3,(H,18,19)/b13-7-. The van der Waals surface area contributed by atoms with Crippen molar-refractivity contribution in [1.82, 2.24) is 4.98 Å². The Labute approximate surface area is 131 Å². The fourth-order valence-corrected chi connectivity index (χ4v) is 3.48. The van der Waals surface area contributed by atoms with Crippen LogP contribution in [0.3, 0.4) is 0 Å². The summed E-state index contributed by atoms with van der Waals surface area (Å²) in [5, 5.41) is 3.00. The second kappa shape index (κ2) is 5.77. The highest BCUT2D eigenvalue weighted by Gasteiger charge is 2.27. The van der Waals surface area contributed by atoms with Crippen LogP contribution in [0.25, 0.3) is 11.6 Å². The molecule has 6 nitrogen and oxygen atoms in total. The molecule has 0 saturated heterocycles. The van der Waals surface area contributed by atoms with Crippen LogP contribution in [0.15, 0.2) is 30.5 Å². The minimum Gasteiger partial charge on any atom is -0.361 e. The van der Waals surface area contributed by atoms with E-state index in [1.807, 2.05) is 0 Å². The van der Waals surface area contributed by atoms with E-state index in [0.717, 1.165) is 0 Å². The number of H-pyrrole nitrogens is 1. The molecule has 2 N–H and O–H groups in total. The maximum atomic E-state index is 13.4. The molecule has 2 heterocycles. The summed E-state index contributed by atoms with van der Waals surface area (Å²) < 4.78 is 35.5. The van der Waals surface area contributed by atoms with Crippen molar-refractivity contribution in [1.29, 1.82) is 0 Å². The molecule has 1 aliphatic heterocycles. The largest absolute Gasteiger partial charge is 0.362 e. The van der Waals surface area contributed by atoms with E-state index in [4.69, 9.17) is 9.05 Å². The number of benzene rings is 1. The molecule has 0 saturated carbocycles. The van der Waals surface area contributed by atoms with E-state index in [0.29, 0.717) is 27.8 Å². The number of rotatable bonds is 4. The van der Waals surface area contributed by atoms with Crippen LogP contribution in [0.1, 0.15) is 11.3 Å². The summed E-state index contributed by atoms with van der Waals surface area (Å²) in [6.07, 6.45) is 3.04. The Hall–Kier alpha value is -2.21. The summed E-state index contributed by atoms with van der Waals surface area (Å²) in [6.45, 7) is 0.